The molecule has 4 heteroatoms. The van der Waals surface area contributed by atoms with Gasteiger partial charge in [-0.25, -0.2) is 13.1 Å². The molecular formula is C15H16NO2S. The maximum Gasteiger partial charge on any atom is 0.241 e. The lowest BCUT2D eigenvalue weighted by Gasteiger charge is -2.10. The molecule has 2 aromatic carbocycles. The predicted octanol–water partition coefficient (Wildman–Crippen LogP) is 2.66. The van der Waals surface area contributed by atoms with E-state index in [-0.39, 0.29) is 6.54 Å². The Labute approximate surface area is 114 Å². The van der Waals surface area contributed by atoms with Crippen molar-refractivity contribution < 1.29 is 8.42 Å². The molecule has 99 valence electrons. The van der Waals surface area contributed by atoms with Crippen molar-refractivity contribution in [2.24, 2.45) is 0 Å². The molecule has 0 aliphatic heterocycles. The third-order valence-electron chi connectivity index (χ3n) is 2.95. The van der Waals surface area contributed by atoms with Crippen LogP contribution in [-0.4, -0.2) is 8.42 Å². The molecular weight excluding hydrogens is 258 g/mol. The van der Waals surface area contributed by atoms with E-state index in [1.165, 1.54) is 0 Å². The van der Waals surface area contributed by atoms with Crippen LogP contribution in [0.2, 0.25) is 0 Å². The number of rotatable bonds is 4. The molecule has 0 aliphatic carbocycles. The zero-order valence-corrected chi connectivity index (χ0v) is 11.6. The lowest BCUT2D eigenvalue weighted by atomic mass is 10.1. The summed E-state index contributed by atoms with van der Waals surface area (Å²) in [5.74, 6) is 0. The monoisotopic (exact) mass is 274 g/mol. The van der Waals surface area contributed by atoms with Crippen molar-refractivity contribution in [3.63, 3.8) is 0 Å². The first kappa shape index (κ1) is 13.8. The number of nitrogens with one attached hydrogen (secondary N) is 1. The van der Waals surface area contributed by atoms with E-state index in [1.54, 1.807) is 25.1 Å². The zero-order valence-electron chi connectivity index (χ0n) is 10.8. The van der Waals surface area contributed by atoms with Crippen LogP contribution in [0.4, 0.5) is 0 Å². The molecule has 0 saturated heterocycles. The van der Waals surface area contributed by atoms with Gasteiger partial charge in [0.25, 0.3) is 0 Å². The average molecular weight is 274 g/mol. The van der Waals surface area contributed by atoms with Crippen molar-refractivity contribution in [1.29, 1.82) is 0 Å². The van der Waals surface area contributed by atoms with Crippen LogP contribution in [0.5, 0.6) is 0 Å². The van der Waals surface area contributed by atoms with Crippen molar-refractivity contribution >= 4 is 10.0 Å². The third kappa shape index (κ3) is 3.22. The standard InChI is InChI=1S/C15H16NO2S/c1-12-7-3-5-9-14(12)11-16-19(17,18)15-10-6-4-8-13(15)2/h3-10,16H,1,11H2,2H3. The second-order valence-corrected chi connectivity index (χ2v) is 6.09. The zero-order chi connectivity index (χ0) is 13.9. The summed E-state index contributed by atoms with van der Waals surface area (Å²) in [5, 5.41) is 0. The molecule has 0 saturated carbocycles. The summed E-state index contributed by atoms with van der Waals surface area (Å²) in [6.45, 7) is 5.90. The summed E-state index contributed by atoms with van der Waals surface area (Å²) in [6.07, 6.45) is 0. The highest BCUT2D eigenvalue weighted by molar-refractivity contribution is 7.89. The summed E-state index contributed by atoms with van der Waals surface area (Å²) in [6, 6.07) is 14.4. The minimum absolute atomic E-state index is 0.246. The van der Waals surface area contributed by atoms with Gasteiger partial charge in [0.1, 0.15) is 0 Å². The van der Waals surface area contributed by atoms with Crippen LogP contribution >= 0.6 is 0 Å². The largest absolute Gasteiger partial charge is 0.241 e. The van der Waals surface area contributed by atoms with E-state index in [4.69, 9.17) is 0 Å². The van der Waals surface area contributed by atoms with Gasteiger partial charge in [0.2, 0.25) is 10.0 Å². The predicted molar refractivity (Wildman–Crippen MR) is 76.1 cm³/mol. The number of benzene rings is 2. The van der Waals surface area contributed by atoms with E-state index in [0.29, 0.717) is 4.90 Å². The van der Waals surface area contributed by atoms with E-state index in [0.717, 1.165) is 16.7 Å². The van der Waals surface area contributed by atoms with Gasteiger partial charge in [-0.3, -0.25) is 0 Å². The molecule has 3 nitrogen and oxygen atoms in total. The van der Waals surface area contributed by atoms with E-state index < -0.39 is 10.0 Å². The Morgan fingerprint density at radius 2 is 1.68 bits per heavy atom. The van der Waals surface area contributed by atoms with Crippen LogP contribution in [0.1, 0.15) is 16.7 Å². The van der Waals surface area contributed by atoms with Gasteiger partial charge >= 0.3 is 0 Å². The number of hydrogen-bond acceptors (Lipinski definition) is 2. The van der Waals surface area contributed by atoms with Gasteiger partial charge in [-0.1, -0.05) is 42.5 Å². The SMILES string of the molecule is [CH2]c1ccccc1CNS(=O)(=O)c1ccccc1C. The first-order valence-corrected chi connectivity index (χ1v) is 7.44. The van der Waals surface area contributed by atoms with E-state index in [1.807, 2.05) is 30.3 Å². The molecule has 1 N–H and O–H groups in total. The fourth-order valence-electron chi connectivity index (χ4n) is 1.84. The molecule has 0 aliphatic rings. The quantitative estimate of drug-likeness (QED) is 0.931. The van der Waals surface area contributed by atoms with Crippen molar-refractivity contribution in [2.45, 2.75) is 18.4 Å². The average Bonchev–Trinajstić information content (AvgIpc) is 2.38. The molecule has 2 aromatic rings. The Morgan fingerprint density at radius 1 is 1.05 bits per heavy atom. The van der Waals surface area contributed by atoms with Gasteiger partial charge < -0.3 is 0 Å². The maximum atomic E-state index is 12.2. The van der Waals surface area contributed by atoms with Crippen LogP contribution < -0.4 is 4.72 Å². The van der Waals surface area contributed by atoms with Crippen LogP contribution in [0, 0.1) is 13.8 Å². The highest BCUT2D eigenvalue weighted by atomic mass is 32.2. The minimum Gasteiger partial charge on any atom is -0.207 e. The van der Waals surface area contributed by atoms with E-state index in [9.17, 15) is 8.42 Å². The molecule has 1 radical (unpaired) electrons. The number of hydrogen-bond donors (Lipinski definition) is 1. The Bertz CT molecular complexity index is 678. The van der Waals surface area contributed by atoms with Crippen molar-refractivity contribution in [3.05, 3.63) is 72.1 Å². The van der Waals surface area contributed by atoms with Crippen LogP contribution in [-0.2, 0) is 16.6 Å². The third-order valence-corrected chi connectivity index (χ3v) is 4.52. The molecule has 2 rings (SSSR count). The van der Waals surface area contributed by atoms with Gasteiger partial charge in [-0.2, -0.15) is 0 Å². The van der Waals surface area contributed by atoms with Crippen LogP contribution in [0.25, 0.3) is 0 Å². The highest BCUT2D eigenvalue weighted by Crippen LogP contribution is 2.15. The van der Waals surface area contributed by atoms with Gasteiger partial charge in [0.15, 0.2) is 0 Å². The lowest BCUT2D eigenvalue weighted by Crippen LogP contribution is -2.24. The maximum absolute atomic E-state index is 12.2. The van der Waals surface area contributed by atoms with E-state index >= 15 is 0 Å². The number of sulfonamides is 1. The fraction of sp³-hybridized carbons (Fsp3) is 0.133. The molecule has 19 heavy (non-hydrogen) atoms. The summed E-state index contributed by atoms with van der Waals surface area (Å²) < 4.78 is 27.0. The highest BCUT2D eigenvalue weighted by Gasteiger charge is 2.15. The Kier molecular flexibility index (Phi) is 4.02. The molecule has 0 amide bonds. The second kappa shape index (κ2) is 5.55. The molecule has 0 aromatic heterocycles. The summed E-state index contributed by atoms with van der Waals surface area (Å²) >= 11 is 0. The van der Waals surface area contributed by atoms with Crippen LogP contribution in [0.15, 0.2) is 53.4 Å². The lowest BCUT2D eigenvalue weighted by molar-refractivity contribution is 0.580. The molecule has 0 heterocycles. The smallest absolute Gasteiger partial charge is 0.207 e. The minimum atomic E-state index is -3.48. The topological polar surface area (TPSA) is 46.2 Å². The summed E-state index contributed by atoms with van der Waals surface area (Å²) in [7, 11) is -3.48. The Balaban J connectivity index is 2.20. The Morgan fingerprint density at radius 3 is 2.37 bits per heavy atom. The summed E-state index contributed by atoms with van der Waals surface area (Å²) in [4.78, 5) is 0.316. The van der Waals surface area contributed by atoms with E-state index in [2.05, 4.69) is 11.6 Å². The molecule has 0 fully saturated rings. The van der Waals surface area contributed by atoms with Crippen molar-refractivity contribution in [2.75, 3.05) is 0 Å². The molecule has 0 bridgehead atoms. The first-order chi connectivity index (χ1) is 9.00. The second-order valence-electron chi connectivity index (χ2n) is 4.36. The molecule has 0 unspecified atom stereocenters. The van der Waals surface area contributed by atoms with Crippen molar-refractivity contribution in [1.82, 2.24) is 4.72 Å². The van der Waals surface area contributed by atoms with Gasteiger partial charge in [-0.15, -0.1) is 0 Å². The van der Waals surface area contributed by atoms with Gasteiger partial charge in [0, 0.05) is 6.54 Å². The van der Waals surface area contributed by atoms with Crippen LogP contribution in [0.3, 0.4) is 0 Å². The van der Waals surface area contributed by atoms with Crippen molar-refractivity contribution in [3.8, 4) is 0 Å². The first-order valence-electron chi connectivity index (χ1n) is 5.96. The molecule has 0 spiro atoms. The Hall–Kier alpha value is -1.65. The molecule has 0 atom stereocenters. The fourth-order valence-corrected chi connectivity index (χ4v) is 3.09. The summed E-state index contributed by atoms with van der Waals surface area (Å²) in [5.41, 5.74) is 2.44. The van der Waals surface area contributed by atoms with Gasteiger partial charge in [0.05, 0.1) is 4.90 Å². The number of aryl methyl sites for hydroxylation is 1. The normalized spacial score (nSPS) is 11.5. The van der Waals surface area contributed by atoms with Gasteiger partial charge in [-0.05, 0) is 36.6 Å².